The van der Waals surface area contributed by atoms with Crippen LogP contribution in [0.1, 0.15) is 34.6 Å². The Bertz CT molecular complexity index is 693. The van der Waals surface area contributed by atoms with E-state index in [1.54, 1.807) is 62.4 Å². The lowest BCUT2D eigenvalue weighted by atomic mass is 10.2. The fourth-order valence-electron chi connectivity index (χ4n) is 1.93. The first-order valence-electron chi connectivity index (χ1n) is 7.60. The molecule has 24 heavy (non-hydrogen) atoms. The molecule has 0 aliphatic carbocycles. The van der Waals surface area contributed by atoms with E-state index >= 15 is 0 Å². The van der Waals surface area contributed by atoms with Crippen molar-refractivity contribution in [3.63, 3.8) is 0 Å². The number of azo groups is 1. The molecule has 0 aliphatic rings. The molecule has 0 aliphatic heterocycles. The quantitative estimate of drug-likeness (QED) is 0.580. The second-order valence-corrected chi connectivity index (χ2v) is 4.74. The molecule has 6 heteroatoms. The highest BCUT2D eigenvalue weighted by atomic mass is 16.5. The van der Waals surface area contributed by atoms with Crippen LogP contribution < -0.4 is 0 Å². The van der Waals surface area contributed by atoms with Crippen molar-refractivity contribution >= 4 is 23.3 Å². The Hall–Kier alpha value is -3.02. The average molecular weight is 326 g/mol. The van der Waals surface area contributed by atoms with Crippen LogP contribution in [0.25, 0.3) is 0 Å². The van der Waals surface area contributed by atoms with Crippen molar-refractivity contribution in [2.45, 2.75) is 13.8 Å². The molecule has 0 fully saturated rings. The Balaban J connectivity index is 2.16. The van der Waals surface area contributed by atoms with Gasteiger partial charge < -0.3 is 9.47 Å². The molecular weight excluding hydrogens is 308 g/mol. The topological polar surface area (TPSA) is 77.3 Å². The van der Waals surface area contributed by atoms with E-state index in [-0.39, 0.29) is 0 Å². The molecule has 0 amide bonds. The summed E-state index contributed by atoms with van der Waals surface area (Å²) in [6.07, 6.45) is 0. The normalized spacial score (nSPS) is 10.6. The Morgan fingerprint density at radius 1 is 0.792 bits per heavy atom. The summed E-state index contributed by atoms with van der Waals surface area (Å²) in [5.74, 6) is -0.808. The smallest absolute Gasteiger partial charge is 0.338 e. The molecule has 0 aromatic heterocycles. The minimum Gasteiger partial charge on any atom is -0.462 e. The van der Waals surface area contributed by atoms with Crippen LogP contribution >= 0.6 is 0 Å². The predicted octanol–water partition coefficient (Wildman–Crippen LogP) is 4.46. The van der Waals surface area contributed by atoms with Crippen molar-refractivity contribution in [1.82, 2.24) is 0 Å². The van der Waals surface area contributed by atoms with Crippen molar-refractivity contribution in [2.75, 3.05) is 13.2 Å². The number of carbonyl (C=O) groups excluding carboxylic acids is 2. The first kappa shape index (κ1) is 17.3. The number of rotatable bonds is 6. The van der Waals surface area contributed by atoms with Crippen LogP contribution in [0, 0.1) is 0 Å². The predicted molar refractivity (Wildman–Crippen MR) is 89.0 cm³/mol. The third kappa shape index (κ3) is 4.74. The summed E-state index contributed by atoms with van der Waals surface area (Å²) >= 11 is 0. The highest BCUT2D eigenvalue weighted by molar-refractivity contribution is 5.90. The second kappa shape index (κ2) is 8.57. The Labute approximate surface area is 140 Å². The van der Waals surface area contributed by atoms with Gasteiger partial charge in [-0.05, 0) is 50.2 Å². The number of carbonyl (C=O) groups is 2. The largest absolute Gasteiger partial charge is 0.462 e. The zero-order valence-corrected chi connectivity index (χ0v) is 13.6. The number of ether oxygens (including phenoxy) is 2. The highest BCUT2D eigenvalue weighted by Gasteiger charge is 2.07. The third-order valence-electron chi connectivity index (χ3n) is 3.00. The maximum atomic E-state index is 11.7. The van der Waals surface area contributed by atoms with Gasteiger partial charge in [-0.1, -0.05) is 12.1 Å². The first-order chi connectivity index (χ1) is 11.6. The summed E-state index contributed by atoms with van der Waals surface area (Å²) in [5, 5.41) is 8.18. The van der Waals surface area contributed by atoms with E-state index in [2.05, 4.69) is 10.2 Å². The molecule has 0 spiro atoms. The molecule has 0 radical (unpaired) electrons. The molecule has 2 rings (SSSR count). The van der Waals surface area contributed by atoms with Crippen molar-refractivity contribution in [3.05, 3.63) is 59.7 Å². The van der Waals surface area contributed by atoms with E-state index in [1.165, 1.54) is 0 Å². The standard InChI is InChI=1S/C18H18N2O4/c1-3-23-17(21)13-7-5-9-15(11-13)19-20-16-10-6-8-14(12-16)18(22)24-4-2/h5-12H,3-4H2,1-2H3. The van der Waals surface area contributed by atoms with Crippen molar-refractivity contribution in [3.8, 4) is 0 Å². The Morgan fingerprint density at radius 3 is 1.58 bits per heavy atom. The zero-order chi connectivity index (χ0) is 17.4. The Morgan fingerprint density at radius 2 is 1.21 bits per heavy atom. The molecule has 0 heterocycles. The van der Waals surface area contributed by atoms with Crippen LogP contribution in [-0.2, 0) is 9.47 Å². The van der Waals surface area contributed by atoms with Crippen LogP contribution in [0.2, 0.25) is 0 Å². The summed E-state index contributed by atoms with van der Waals surface area (Å²) < 4.78 is 9.90. The van der Waals surface area contributed by atoms with Gasteiger partial charge in [-0.15, -0.1) is 0 Å². The molecule has 0 saturated carbocycles. The molecule has 6 nitrogen and oxygen atoms in total. The van der Waals surface area contributed by atoms with Crippen molar-refractivity contribution in [2.24, 2.45) is 10.2 Å². The second-order valence-electron chi connectivity index (χ2n) is 4.74. The minimum atomic E-state index is -0.404. The van der Waals surface area contributed by atoms with Gasteiger partial charge in [0, 0.05) is 0 Å². The number of benzene rings is 2. The average Bonchev–Trinajstić information content (AvgIpc) is 2.61. The lowest BCUT2D eigenvalue weighted by molar-refractivity contribution is 0.0517. The molecular formula is C18H18N2O4. The molecule has 0 atom stereocenters. The number of nitrogens with zero attached hydrogens (tertiary/aromatic N) is 2. The Kier molecular flexibility index (Phi) is 6.19. The number of esters is 2. The molecule has 0 N–H and O–H groups in total. The summed E-state index contributed by atoms with van der Waals surface area (Å²) in [5.41, 5.74) is 1.85. The van der Waals surface area contributed by atoms with E-state index in [0.717, 1.165) is 0 Å². The fourth-order valence-corrected chi connectivity index (χ4v) is 1.93. The maximum absolute atomic E-state index is 11.7. The van der Waals surface area contributed by atoms with E-state index in [1.807, 2.05) is 0 Å². The molecule has 0 saturated heterocycles. The summed E-state index contributed by atoms with van der Waals surface area (Å²) in [7, 11) is 0. The van der Waals surface area contributed by atoms with Crippen LogP contribution in [0.15, 0.2) is 58.8 Å². The van der Waals surface area contributed by atoms with Gasteiger partial charge in [0.15, 0.2) is 0 Å². The van der Waals surface area contributed by atoms with Gasteiger partial charge in [-0.2, -0.15) is 10.2 Å². The maximum Gasteiger partial charge on any atom is 0.338 e. The van der Waals surface area contributed by atoms with E-state index in [0.29, 0.717) is 35.7 Å². The first-order valence-corrected chi connectivity index (χ1v) is 7.60. The summed E-state index contributed by atoms with van der Waals surface area (Å²) in [6, 6.07) is 13.3. The van der Waals surface area contributed by atoms with Crippen LogP contribution in [-0.4, -0.2) is 25.2 Å². The van der Waals surface area contributed by atoms with Gasteiger partial charge in [0.05, 0.1) is 35.7 Å². The van der Waals surface area contributed by atoms with Crippen molar-refractivity contribution in [1.29, 1.82) is 0 Å². The van der Waals surface area contributed by atoms with E-state index < -0.39 is 11.9 Å². The van der Waals surface area contributed by atoms with Crippen LogP contribution in [0.5, 0.6) is 0 Å². The summed E-state index contributed by atoms with van der Waals surface area (Å²) in [4.78, 5) is 23.4. The lowest BCUT2D eigenvalue weighted by Gasteiger charge is -2.02. The van der Waals surface area contributed by atoms with Gasteiger partial charge in [0.1, 0.15) is 0 Å². The van der Waals surface area contributed by atoms with Crippen LogP contribution in [0.4, 0.5) is 11.4 Å². The number of hydrogen-bond donors (Lipinski definition) is 0. The summed E-state index contributed by atoms with van der Waals surface area (Å²) in [6.45, 7) is 4.12. The van der Waals surface area contributed by atoms with Gasteiger partial charge >= 0.3 is 11.9 Å². The van der Waals surface area contributed by atoms with Gasteiger partial charge in [-0.25, -0.2) is 9.59 Å². The fraction of sp³-hybridized carbons (Fsp3) is 0.222. The third-order valence-corrected chi connectivity index (χ3v) is 3.00. The zero-order valence-electron chi connectivity index (χ0n) is 13.6. The molecule has 0 unspecified atom stereocenters. The molecule has 2 aromatic rings. The van der Waals surface area contributed by atoms with Crippen LogP contribution in [0.3, 0.4) is 0 Å². The molecule has 0 bridgehead atoms. The molecule has 124 valence electrons. The van der Waals surface area contributed by atoms with Gasteiger partial charge in [0.2, 0.25) is 0 Å². The van der Waals surface area contributed by atoms with E-state index in [9.17, 15) is 9.59 Å². The number of hydrogen-bond acceptors (Lipinski definition) is 6. The highest BCUT2D eigenvalue weighted by Crippen LogP contribution is 2.21. The van der Waals surface area contributed by atoms with Gasteiger partial charge in [0.25, 0.3) is 0 Å². The van der Waals surface area contributed by atoms with Gasteiger partial charge in [-0.3, -0.25) is 0 Å². The lowest BCUT2D eigenvalue weighted by Crippen LogP contribution is -2.03. The van der Waals surface area contributed by atoms with Crippen molar-refractivity contribution < 1.29 is 19.1 Å². The molecule has 2 aromatic carbocycles. The monoisotopic (exact) mass is 326 g/mol. The van der Waals surface area contributed by atoms with E-state index in [4.69, 9.17) is 9.47 Å². The SMILES string of the molecule is CCOC(=O)c1cccc(N=Nc2cccc(C(=O)OCC)c2)c1. The minimum absolute atomic E-state index is 0.311.